The smallest absolute Gasteiger partial charge is 0.325 e. The van der Waals surface area contributed by atoms with Gasteiger partial charge in [-0.15, -0.1) is 0 Å². The first-order chi connectivity index (χ1) is 7.55. The summed E-state index contributed by atoms with van der Waals surface area (Å²) in [5.74, 6) is -2.15. The minimum absolute atomic E-state index is 0.0479. The van der Waals surface area contributed by atoms with Gasteiger partial charge in [0.25, 0.3) is 0 Å². The minimum atomic E-state index is -1.45. The van der Waals surface area contributed by atoms with Gasteiger partial charge < -0.3 is 15.9 Å². The molecular weight excluding hydrogens is 224 g/mol. The summed E-state index contributed by atoms with van der Waals surface area (Å²) in [5.41, 5.74) is 4.18. The highest BCUT2D eigenvalue weighted by molar-refractivity contribution is 5.83. The van der Waals surface area contributed by atoms with Crippen molar-refractivity contribution in [2.24, 2.45) is 11.1 Å². The van der Waals surface area contributed by atoms with Gasteiger partial charge in [-0.3, -0.25) is 14.5 Å². The molecule has 6 heteroatoms. The second-order valence-electron chi connectivity index (χ2n) is 5.99. The number of nitrogens with two attached hydrogens (primary N) is 1. The highest BCUT2D eigenvalue weighted by atomic mass is 16.4. The van der Waals surface area contributed by atoms with Crippen molar-refractivity contribution in [3.8, 4) is 0 Å². The largest absolute Gasteiger partial charge is 0.480 e. The topological polar surface area (TPSA) is 104 Å². The van der Waals surface area contributed by atoms with Crippen molar-refractivity contribution in [2.45, 2.75) is 38.8 Å². The van der Waals surface area contributed by atoms with Crippen LogP contribution >= 0.6 is 0 Å². The molecule has 2 atom stereocenters. The van der Waals surface area contributed by atoms with E-state index < -0.39 is 23.5 Å². The Hall–Kier alpha value is -1.14. The van der Waals surface area contributed by atoms with Crippen LogP contribution in [0, 0.1) is 5.41 Å². The molecular formula is C11H20N2O4. The van der Waals surface area contributed by atoms with E-state index in [4.69, 9.17) is 15.9 Å². The summed E-state index contributed by atoms with van der Waals surface area (Å²) in [7, 11) is 0. The van der Waals surface area contributed by atoms with Crippen LogP contribution in [0.5, 0.6) is 0 Å². The summed E-state index contributed by atoms with van der Waals surface area (Å²) < 4.78 is 0. The van der Waals surface area contributed by atoms with Crippen LogP contribution in [0.1, 0.15) is 27.2 Å². The lowest BCUT2D eigenvalue weighted by molar-refractivity contribution is -0.142. The van der Waals surface area contributed by atoms with Crippen LogP contribution in [0.3, 0.4) is 0 Å². The van der Waals surface area contributed by atoms with Gasteiger partial charge in [0, 0.05) is 19.5 Å². The monoisotopic (exact) mass is 244 g/mol. The molecule has 1 fully saturated rings. The molecule has 0 aromatic heterocycles. The average Bonchev–Trinajstić information content (AvgIpc) is 2.41. The van der Waals surface area contributed by atoms with Gasteiger partial charge in [-0.05, 0) is 5.41 Å². The van der Waals surface area contributed by atoms with Gasteiger partial charge in [-0.2, -0.15) is 0 Å². The first-order valence-electron chi connectivity index (χ1n) is 5.54. The van der Waals surface area contributed by atoms with E-state index in [1.807, 2.05) is 20.8 Å². The number of hydrogen-bond donors (Lipinski definition) is 3. The summed E-state index contributed by atoms with van der Waals surface area (Å²) in [6.45, 7) is 6.52. The Morgan fingerprint density at radius 3 is 2.29 bits per heavy atom. The lowest BCUT2D eigenvalue weighted by atomic mass is 9.96. The molecule has 98 valence electrons. The van der Waals surface area contributed by atoms with Gasteiger partial charge >= 0.3 is 11.9 Å². The summed E-state index contributed by atoms with van der Waals surface area (Å²) >= 11 is 0. The van der Waals surface area contributed by atoms with Crippen LogP contribution in [0.15, 0.2) is 0 Å². The van der Waals surface area contributed by atoms with Crippen molar-refractivity contribution < 1.29 is 19.8 Å². The van der Waals surface area contributed by atoms with Crippen molar-refractivity contribution in [1.82, 2.24) is 4.90 Å². The zero-order chi connectivity index (χ0) is 13.4. The van der Waals surface area contributed by atoms with Crippen LogP contribution in [-0.2, 0) is 9.59 Å². The van der Waals surface area contributed by atoms with E-state index in [2.05, 4.69) is 0 Å². The number of carboxylic acid groups (broad SMARTS) is 2. The maximum Gasteiger partial charge on any atom is 0.325 e. The zero-order valence-corrected chi connectivity index (χ0v) is 10.4. The Bertz CT molecular complexity index is 337. The second-order valence-corrected chi connectivity index (χ2v) is 5.99. The Balaban J connectivity index is 2.89. The molecule has 1 aliphatic rings. The van der Waals surface area contributed by atoms with E-state index in [9.17, 15) is 9.59 Å². The van der Waals surface area contributed by atoms with Crippen LogP contribution < -0.4 is 5.73 Å². The maximum absolute atomic E-state index is 11.1. The number of aliphatic carboxylic acids is 2. The molecule has 0 radical (unpaired) electrons. The van der Waals surface area contributed by atoms with E-state index in [1.165, 1.54) is 0 Å². The van der Waals surface area contributed by atoms with Gasteiger partial charge in [0.05, 0.1) is 0 Å². The third-order valence-electron chi connectivity index (χ3n) is 2.87. The molecule has 4 N–H and O–H groups in total. The van der Waals surface area contributed by atoms with Crippen molar-refractivity contribution in [3.05, 3.63) is 0 Å². The Morgan fingerprint density at radius 2 is 1.94 bits per heavy atom. The predicted molar refractivity (Wildman–Crippen MR) is 61.6 cm³/mol. The SMILES string of the molecule is CC(C)(C)CN1C[C@@](N)(C(=O)O)C[C@@H]1C(=O)O. The van der Waals surface area contributed by atoms with Crippen LogP contribution in [0.4, 0.5) is 0 Å². The van der Waals surface area contributed by atoms with Gasteiger partial charge in [0.1, 0.15) is 11.6 Å². The molecule has 0 amide bonds. The molecule has 0 aromatic rings. The summed E-state index contributed by atoms with van der Waals surface area (Å²) in [6, 6.07) is -0.810. The number of rotatable bonds is 3. The van der Waals surface area contributed by atoms with Crippen LogP contribution in [-0.4, -0.2) is 51.7 Å². The average molecular weight is 244 g/mol. The molecule has 1 aliphatic heterocycles. The Kier molecular flexibility index (Phi) is 3.50. The number of carbonyl (C=O) groups is 2. The molecule has 0 aliphatic carbocycles. The summed E-state index contributed by atoms with van der Waals surface area (Å²) in [5, 5.41) is 18.1. The first-order valence-corrected chi connectivity index (χ1v) is 5.54. The Labute approximate surface area is 100 Å². The zero-order valence-electron chi connectivity index (χ0n) is 10.4. The molecule has 0 aromatic carbocycles. The van der Waals surface area contributed by atoms with E-state index in [1.54, 1.807) is 4.90 Å². The highest BCUT2D eigenvalue weighted by Crippen LogP contribution is 2.29. The fourth-order valence-electron chi connectivity index (χ4n) is 2.19. The van der Waals surface area contributed by atoms with Gasteiger partial charge in [-0.1, -0.05) is 20.8 Å². The van der Waals surface area contributed by atoms with Crippen molar-refractivity contribution in [3.63, 3.8) is 0 Å². The van der Waals surface area contributed by atoms with Crippen molar-refractivity contribution in [1.29, 1.82) is 0 Å². The summed E-state index contributed by atoms with van der Waals surface area (Å²) in [6.07, 6.45) is -0.0479. The third kappa shape index (κ3) is 3.17. The second kappa shape index (κ2) is 4.27. The first kappa shape index (κ1) is 13.9. The molecule has 0 unspecified atom stereocenters. The molecule has 0 saturated carbocycles. The van der Waals surface area contributed by atoms with Crippen LogP contribution in [0.25, 0.3) is 0 Å². The molecule has 6 nitrogen and oxygen atoms in total. The van der Waals surface area contributed by atoms with E-state index in [0.29, 0.717) is 6.54 Å². The van der Waals surface area contributed by atoms with E-state index in [0.717, 1.165) is 0 Å². The molecule has 17 heavy (non-hydrogen) atoms. The summed E-state index contributed by atoms with van der Waals surface area (Å²) in [4.78, 5) is 23.8. The minimum Gasteiger partial charge on any atom is -0.480 e. The Morgan fingerprint density at radius 1 is 1.41 bits per heavy atom. The number of nitrogens with zero attached hydrogens (tertiary/aromatic N) is 1. The lowest BCUT2D eigenvalue weighted by Crippen LogP contribution is -2.50. The number of hydrogen-bond acceptors (Lipinski definition) is 4. The van der Waals surface area contributed by atoms with Crippen molar-refractivity contribution in [2.75, 3.05) is 13.1 Å². The third-order valence-corrected chi connectivity index (χ3v) is 2.87. The quantitative estimate of drug-likeness (QED) is 0.644. The highest BCUT2D eigenvalue weighted by Gasteiger charge is 2.50. The predicted octanol–water partition coefficient (Wildman–Crippen LogP) is -0.0265. The maximum atomic E-state index is 11.1. The fraction of sp³-hybridized carbons (Fsp3) is 0.818. The van der Waals surface area contributed by atoms with Gasteiger partial charge in [0.15, 0.2) is 0 Å². The molecule has 1 rings (SSSR count). The standard InChI is InChI=1S/C11H20N2O4/c1-10(2,3)5-13-6-11(12,9(16)17)4-7(13)8(14)15/h7H,4-6,12H2,1-3H3,(H,14,15)(H,16,17)/t7-,11-/m1/s1. The molecule has 1 saturated heterocycles. The number of likely N-dealkylation sites (tertiary alicyclic amines) is 1. The normalized spacial score (nSPS) is 30.5. The molecule has 0 bridgehead atoms. The fourth-order valence-corrected chi connectivity index (χ4v) is 2.19. The molecule has 1 heterocycles. The lowest BCUT2D eigenvalue weighted by Gasteiger charge is -2.29. The van der Waals surface area contributed by atoms with E-state index >= 15 is 0 Å². The van der Waals surface area contributed by atoms with Gasteiger partial charge in [-0.25, -0.2) is 0 Å². The van der Waals surface area contributed by atoms with Crippen molar-refractivity contribution >= 4 is 11.9 Å². The number of carboxylic acids is 2. The van der Waals surface area contributed by atoms with Gasteiger partial charge in [0.2, 0.25) is 0 Å². The molecule has 0 spiro atoms. The van der Waals surface area contributed by atoms with Crippen LogP contribution in [0.2, 0.25) is 0 Å². The van der Waals surface area contributed by atoms with E-state index in [-0.39, 0.29) is 18.4 Å².